The summed E-state index contributed by atoms with van der Waals surface area (Å²) in [5.74, 6) is 0. The number of benzene rings is 4. The normalized spacial score (nSPS) is 8.88. The van der Waals surface area contributed by atoms with Gasteiger partial charge in [-0.1, -0.05) is 164 Å². The fourth-order valence-electron chi connectivity index (χ4n) is 3.20. The van der Waals surface area contributed by atoms with E-state index in [1.807, 2.05) is 55.4 Å². The zero-order valence-electron chi connectivity index (χ0n) is 23.2. The third-order valence-corrected chi connectivity index (χ3v) is 4.87. The van der Waals surface area contributed by atoms with Gasteiger partial charge in [0.25, 0.3) is 0 Å². The van der Waals surface area contributed by atoms with Gasteiger partial charge in [-0.25, -0.2) is 0 Å². The molecule has 0 fully saturated rings. The maximum Gasteiger partial charge on any atom is -0.0184 e. The zero-order chi connectivity index (χ0) is 25.9. The maximum absolute atomic E-state index is 2.20. The lowest BCUT2D eigenvalue weighted by Gasteiger charge is -2.07. The molecule has 182 valence electrons. The molecule has 4 aromatic carbocycles. The van der Waals surface area contributed by atoms with Crippen LogP contribution in [0.4, 0.5) is 0 Å². The first-order valence-corrected chi connectivity index (χ1v) is 13.0. The minimum absolute atomic E-state index is 1.25. The van der Waals surface area contributed by atoms with Crippen molar-refractivity contribution < 1.29 is 0 Å². The molecule has 0 bridgehead atoms. The Morgan fingerprint density at radius 2 is 0.353 bits per heavy atom. The van der Waals surface area contributed by atoms with E-state index in [9.17, 15) is 0 Å². The fraction of sp³-hybridized carbons (Fsp3) is 0.294. The van der Waals surface area contributed by atoms with Crippen LogP contribution in [0.5, 0.6) is 0 Å². The van der Waals surface area contributed by atoms with Crippen molar-refractivity contribution in [1.82, 2.24) is 0 Å². The van der Waals surface area contributed by atoms with Crippen molar-refractivity contribution in [2.75, 3.05) is 0 Å². The average molecular weight is 455 g/mol. The summed E-state index contributed by atoms with van der Waals surface area (Å²) in [6.45, 7) is 20.2. The van der Waals surface area contributed by atoms with Gasteiger partial charge in [-0.3, -0.25) is 0 Å². The Morgan fingerprint density at radius 1 is 0.235 bits per heavy atom. The number of hydrogen-bond donors (Lipinski definition) is 0. The fourth-order valence-corrected chi connectivity index (χ4v) is 3.20. The van der Waals surface area contributed by atoms with Crippen molar-refractivity contribution in [3.63, 3.8) is 0 Å². The van der Waals surface area contributed by atoms with Crippen LogP contribution in [0.1, 0.15) is 66.5 Å². The van der Waals surface area contributed by atoms with Crippen molar-refractivity contribution in [3.8, 4) is 33.4 Å². The van der Waals surface area contributed by atoms with Gasteiger partial charge in [-0.15, -0.1) is 0 Å². The highest BCUT2D eigenvalue weighted by Crippen LogP contribution is 2.27. The molecule has 0 aliphatic heterocycles. The van der Waals surface area contributed by atoms with Crippen molar-refractivity contribution in [3.05, 3.63) is 108 Å². The van der Waals surface area contributed by atoms with Gasteiger partial charge >= 0.3 is 0 Å². The largest absolute Gasteiger partial charge is 0.0683 e. The average Bonchev–Trinajstić information content (AvgIpc) is 2.94. The predicted octanol–water partition coefficient (Wildman–Crippen LogP) is 11.4. The molecule has 0 radical (unpaired) electrons. The van der Waals surface area contributed by atoms with Crippen LogP contribution in [0.3, 0.4) is 0 Å². The molecule has 0 nitrogen and oxygen atoms in total. The second-order valence-electron chi connectivity index (χ2n) is 6.89. The second kappa shape index (κ2) is 18.3. The Morgan fingerprint density at radius 3 is 0.500 bits per heavy atom. The molecule has 4 aromatic rings. The molecule has 34 heavy (non-hydrogen) atoms. The highest BCUT2D eigenvalue weighted by molar-refractivity contribution is 5.73. The van der Waals surface area contributed by atoms with Gasteiger partial charge in [0.1, 0.15) is 0 Å². The van der Waals surface area contributed by atoms with Gasteiger partial charge < -0.3 is 0 Å². The highest BCUT2D eigenvalue weighted by atomic mass is 14.1. The minimum atomic E-state index is 1.25. The summed E-state index contributed by atoms with van der Waals surface area (Å²) in [6, 6.07) is 35.0. The second-order valence-corrected chi connectivity index (χ2v) is 6.89. The maximum atomic E-state index is 2.20. The Labute approximate surface area is 210 Å². The standard InChI is InChI=1S/C26H22.4C2H6/c1-19-3-7-21(8-4-19)23-11-15-25(16-12-23)26-17-13-24(14-18-26)22-9-5-20(2)6-10-22;4*1-2/h3-18H,1-2H3;4*1-2H3. The molecule has 0 saturated heterocycles. The van der Waals surface area contributed by atoms with Crippen LogP contribution in [0.15, 0.2) is 97.1 Å². The van der Waals surface area contributed by atoms with E-state index in [0.29, 0.717) is 0 Å². The lowest BCUT2D eigenvalue weighted by Crippen LogP contribution is -1.82. The summed E-state index contributed by atoms with van der Waals surface area (Å²) in [4.78, 5) is 0. The van der Waals surface area contributed by atoms with Crippen LogP contribution in [0.25, 0.3) is 33.4 Å². The van der Waals surface area contributed by atoms with Crippen LogP contribution < -0.4 is 0 Å². The molecule has 4 rings (SSSR count). The molecule has 0 N–H and O–H groups in total. The third-order valence-electron chi connectivity index (χ3n) is 4.87. The first kappa shape index (κ1) is 30.9. The molecule has 0 atom stereocenters. The van der Waals surface area contributed by atoms with Gasteiger partial charge in [0.15, 0.2) is 0 Å². The summed E-state index contributed by atoms with van der Waals surface area (Å²) < 4.78 is 0. The summed E-state index contributed by atoms with van der Waals surface area (Å²) >= 11 is 0. The molecule has 0 unspecified atom stereocenters. The minimum Gasteiger partial charge on any atom is -0.0683 e. The summed E-state index contributed by atoms with van der Waals surface area (Å²) in [7, 11) is 0. The van der Waals surface area contributed by atoms with E-state index in [-0.39, 0.29) is 0 Å². The molecule has 0 aromatic heterocycles. The Balaban J connectivity index is 0.00000124. The first-order chi connectivity index (χ1) is 16.7. The van der Waals surface area contributed by atoms with Gasteiger partial charge in [0, 0.05) is 0 Å². The van der Waals surface area contributed by atoms with Crippen LogP contribution in [-0.2, 0) is 0 Å². The molecule has 0 aliphatic carbocycles. The quantitative estimate of drug-likeness (QED) is 0.289. The Kier molecular flexibility index (Phi) is 16.6. The summed E-state index contributed by atoms with van der Waals surface area (Å²) in [5, 5.41) is 0. The monoisotopic (exact) mass is 454 g/mol. The first-order valence-electron chi connectivity index (χ1n) is 13.0. The van der Waals surface area contributed by atoms with E-state index >= 15 is 0 Å². The Bertz CT molecular complexity index is 901. The smallest absolute Gasteiger partial charge is 0.0184 e. The third kappa shape index (κ3) is 9.40. The molecule has 0 heteroatoms. The van der Waals surface area contributed by atoms with Crippen LogP contribution in [-0.4, -0.2) is 0 Å². The van der Waals surface area contributed by atoms with Gasteiger partial charge in [-0.05, 0) is 47.2 Å². The van der Waals surface area contributed by atoms with Crippen LogP contribution in [0, 0.1) is 13.8 Å². The van der Waals surface area contributed by atoms with Crippen molar-refractivity contribution >= 4 is 0 Å². The van der Waals surface area contributed by atoms with Crippen LogP contribution >= 0.6 is 0 Å². The molecule has 0 heterocycles. The van der Waals surface area contributed by atoms with Crippen molar-refractivity contribution in [1.29, 1.82) is 0 Å². The topological polar surface area (TPSA) is 0 Å². The van der Waals surface area contributed by atoms with E-state index < -0.39 is 0 Å². The number of rotatable bonds is 3. The van der Waals surface area contributed by atoms with Crippen molar-refractivity contribution in [2.45, 2.75) is 69.2 Å². The van der Waals surface area contributed by atoms with Gasteiger partial charge in [0.05, 0.1) is 0 Å². The summed E-state index contributed by atoms with van der Waals surface area (Å²) in [6.07, 6.45) is 0. The van der Waals surface area contributed by atoms with E-state index in [4.69, 9.17) is 0 Å². The molecule has 0 amide bonds. The van der Waals surface area contributed by atoms with E-state index in [0.717, 1.165) is 0 Å². The lowest BCUT2D eigenvalue weighted by atomic mass is 9.97. The van der Waals surface area contributed by atoms with Crippen molar-refractivity contribution in [2.24, 2.45) is 0 Å². The molecular formula is C34H46. The van der Waals surface area contributed by atoms with E-state index in [1.54, 1.807) is 0 Å². The molecule has 0 saturated carbocycles. The SMILES string of the molecule is CC.CC.CC.CC.Cc1ccc(-c2ccc(-c3ccc(-c4ccc(C)cc4)cc3)cc2)cc1. The lowest BCUT2D eigenvalue weighted by molar-refractivity contribution is 1.47. The molecular weight excluding hydrogens is 408 g/mol. The van der Waals surface area contributed by atoms with Gasteiger partial charge in [0.2, 0.25) is 0 Å². The van der Waals surface area contributed by atoms with E-state index in [2.05, 4.69) is 111 Å². The zero-order valence-corrected chi connectivity index (χ0v) is 23.2. The van der Waals surface area contributed by atoms with Gasteiger partial charge in [-0.2, -0.15) is 0 Å². The van der Waals surface area contributed by atoms with E-state index in [1.165, 1.54) is 44.5 Å². The predicted molar refractivity (Wildman–Crippen MR) is 158 cm³/mol. The summed E-state index contributed by atoms with van der Waals surface area (Å²) in [5.41, 5.74) is 10.1. The number of hydrogen-bond acceptors (Lipinski definition) is 0. The highest BCUT2D eigenvalue weighted by Gasteiger charge is 2.02. The number of aryl methyl sites for hydroxylation is 2. The molecule has 0 aliphatic rings. The van der Waals surface area contributed by atoms with Crippen LogP contribution in [0.2, 0.25) is 0 Å². The Hall–Kier alpha value is -3.12. The molecule has 0 spiro atoms.